The summed E-state index contributed by atoms with van der Waals surface area (Å²) in [6.07, 6.45) is 1.89. The molecule has 4 nitrogen and oxygen atoms in total. The zero-order chi connectivity index (χ0) is 18.5. The van der Waals surface area contributed by atoms with Crippen LogP contribution in [0, 0.1) is 0 Å². The Bertz CT molecular complexity index is 817. The predicted molar refractivity (Wildman–Crippen MR) is 113 cm³/mol. The van der Waals surface area contributed by atoms with E-state index in [0.717, 1.165) is 17.0 Å². The molecule has 0 aromatic heterocycles. The van der Waals surface area contributed by atoms with E-state index in [0.29, 0.717) is 22.4 Å². The lowest BCUT2D eigenvalue weighted by atomic mass is 10.2. The van der Waals surface area contributed by atoms with Gasteiger partial charge in [0, 0.05) is 19.8 Å². The summed E-state index contributed by atoms with van der Waals surface area (Å²) in [5, 5.41) is 0. The fourth-order valence-electron chi connectivity index (χ4n) is 2.48. The third-order valence-corrected chi connectivity index (χ3v) is 5.29. The maximum atomic E-state index is 12.6. The number of carbonyl (C=O) groups is 1. The van der Waals surface area contributed by atoms with Crippen LogP contribution in [0.4, 0.5) is 5.69 Å². The highest BCUT2D eigenvalue weighted by Gasteiger charge is 2.31. The largest absolute Gasteiger partial charge is 0.492 e. The van der Waals surface area contributed by atoms with Crippen molar-refractivity contribution in [2.24, 2.45) is 0 Å². The summed E-state index contributed by atoms with van der Waals surface area (Å²) in [4.78, 5) is 16.9. The molecule has 1 saturated heterocycles. The van der Waals surface area contributed by atoms with E-state index in [-0.39, 0.29) is 5.91 Å². The molecule has 3 rings (SSSR count). The maximum absolute atomic E-state index is 12.6. The number of nitrogens with zero attached hydrogens (tertiary/aromatic N) is 2. The van der Waals surface area contributed by atoms with Crippen LogP contribution in [0.1, 0.15) is 5.56 Å². The number of anilines is 1. The normalized spacial score (nSPS) is 15.6. The smallest absolute Gasteiger partial charge is 0.266 e. The van der Waals surface area contributed by atoms with Gasteiger partial charge in [0.2, 0.25) is 0 Å². The zero-order valence-corrected chi connectivity index (χ0v) is 16.3. The first kappa shape index (κ1) is 18.5. The molecule has 2 aromatic carbocycles. The van der Waals surface area contributed by atoms with Crippen LogP contribution in [0.5, 0.6) is 5.75 Å². The number of hydrogen-bond donors (Lipinski definition) is 0. The SMILES string of the molecule is CN(C)c1ccc(/C=C2\SC(=S)N(CCOc3ccccc3)C2=O)cc1. The van der Waals surface area contributed by atoms with Crippen molar-refractivity contribution in [3.63, 3.8) is 0 Å². The van der Waals surface area contributed by atoms with Crippen LogP contribution >= 0.6 is 24.0 Å². The lowest BCUT2D eigenvalue weighted by Gasteiger charge is -2.15. The number of thioether (sulfide) groups is 1. The number of carbonyl (C=O) groups excluding carboxylic acids is 1. The molecule has 2 aromatic rings. The van der Waals surface area contributed by atoms with Crippen molar-refractivity contribution < 1.29 is 9.53 Å². The summed E-state index contributed by atoms with van der Waals surface area (Å²) in [6, 6.07) is 17.6. The highest BCUT2D eigenvalue weighted by Crippen LogP contribution is 2.32. The Morgan fingerprint density at radius 1 is 1.12 bits per heavy atom. The Morgan fingerprint density at radius 2 is 1.81 bits per heavy atom. The van der Waals surface area contributed by atoms with Crippen molar-refractivity contribution >= 4 is 46.0 Å². The number of hydrogen-bond acceptors (Lipinski definition) is 5. The summed E-state index contributed by atoms with van der Waals surface area (Å²) >= 11 is 6.70. The molecule has 0 radical (unpaired) electrons. The van der Waals surface area contributed by atoms with Crippen LogP contribution in [-0.4, -0.2) is 42.4 Å². The van der Waals surface area contributed by atoms with Crippen LogP contribution in [-0.2, 0) is 4.79 Å². The van der Waals surface area contributed by atoms with E-state index in [9.17, 15) is 4.79 Å². The zero-order valence-electron chi connectivity index (χ0n) is 14.7. The van der Waals surface area contributed by atoms with E-state index in [1.54, 1.807) is 4.90 Å². The Morgan fingerprint density at radius 3 is 2.46 bits per heavy atom. The van der Waals surface area contributed by atoms with Crippen molar-refractivity contribution in [3.05, 3.63) is 65.1 Å². The molecule has 26 heavy (non-hydrogen) atoms. The van der Waals surface area contributed by atoms with Crippen LogP contribution in [0.15, 0.2) is 59.5 Å². The second-order valence-electron chi connectivity index (χ2n) is 5.98. The second kappa shape index (κ2) is 8.38. The van der Waals surface area contributed by atoms with Crippen LogP contribution in [0.25, 0.3) is 6.08 Å². The number of ether oxygens (including phenoxy) is 1. The number of benzene rings is 2. The molecule has 1 fully saturated rings. The average Bonchev–Trinajstić information content (AvgIpc) is 2.90. The van der Waals surface area contributed by atoms with Crippen LogP contribution < -0.4 is 9.64 Å². The molecule has 0 atom stereocenters. The van der Waals surface area contributed by atoms with Gasteiger partial charge in [0.05, 0.1) is 11.4 Å². The lowest BCUT2D eigenvalue weighted by molar-refractivity contribution is -0.122. The Kier molecular flexibility index (Phi) is 5.96. The Labute approximate surface area is 163 Å². The third kappa shape index (κ3) is 4.45. The first-order valence-corrected chi connectivity index (χ1v) is 9.47. The molecule has 1 heterocycles. The molecule has 134 valence electrons. The van der Waals surface area contributed by atoms with Gasteiger partial charge < -0.3 is 9.64 Å². The Hall–Kier alpha value is -2.31. The van der Waals surface area contributed by atoms with Crippen molar-refractivity contribution in [2.75, 3.05) is 32.1 Å². The molecule has 1 aliphatic rings. The summed E-state index contributed by atoms with van der Waals surface area (Å²) in [6.45, 7) is 0.845. The maximum Gasteiger partial charge on any atom is 0.266 e. The van der Waals surface area contributed by atoms with E-state index in [1.165, 1.54) is 11.8 Å². The van der Waals surface area contributed by atoms with Crippen molar-refractivity contribution in [1.29, 1.82) is 0 Å². The predicted octanol–water partition coefficient (Wildman–Crippen LogP) is 4.03. The molecule has 6 heteroatoms. The molecule has 0 unspecified atom stereocenters. The van der Waals surface area contributed by atoms with E-state index in [2.05, 4.69) is 0 Å². The van der Waals surface area contributed by atoms with E-state index in [1.807, 2.05) is 79.7 Å². The van der Waals surface area contributed by atoms with Gasteiger partial charge in [0.1, 0.15) is 16.7 Å². The highest BCUT2D eigenvalue weighted by molar-refractivity contribution is 8.26. The average molecular weight is 385 g/mol. The minimum absolute atomic E-state index is 0.0617. The molecule has 0 saturated carbocycles. The summed E-state index contributed by atoms with van der Waals surface area (Å²) < 4.78 is 6.24. The van der Waals surface area contributed by atoms with Crippen molar-refractivity contribution in [2.45, 2.75) is 0 Å². The Balaban J connectivity index is 1.62. The fourth-order valence-corrected chi connectivity index (χ4v) is 3.79. The van der Waals surface area contributed by atoms with Gasteiger partial charge in [-0.3, -0.25) is 9.69 Å². The molecular formula is C20H20N2O2S2. The number of thiocarbonyl (C=S) groups is 1. The topological polar surface area (TPSA) is 32.8 Å². The second-order valence-corrected chi connectivity index (χ2v) is 7.66. The van der Waals surface area contributed by atoms with Crippen molar-refractivity contribution in [3.8, 4) is 5.75 Å². The van der Waals surface area contributed by atoms with Gasteiger partial charge in [-0.15, -0.1) is 0 Å². The van der Waals surface area contributed by atoms with Gasteiger partial charge in [-0.25, -0.2) is 0 Å². The van der Waals surface area contributed by atoms with Gasteiger partial charge in [0.15, 0.2) is 0 Å². The van der Waals surface area contributed by atoms with Gasteiger partial charge in [-0.1, -0.05) is 54.3 Å². The summed E-state index contributed by atoms with van der Waals surface area (Å²) in [5.74, 6) is 0.725. The monoisotopic (exact) mass is 384 g/mol. The molecular weight excluding hydrogens is 364 g/mol. The molecule has 0 aliphatic carbocycles. The summed E-state index contributed by atoms with van der Waals surface area (Å²) in [7, 11) is 4.00. The van der Waals surface area contributed by atoms with Crippen LogP contribution in [0.3, 0.4) is 0 Å². The lowest BCUT2D eigenvalue weighted by Crippen LogP contribution is -2.32. The first-order valence-electron chi connectivity index (χ1n) is 8.25. The first-order chi connectivity index (χ1) is 12.5. The fraction of sp³-hybridized carbons (Fsp3) is 0.200. The van der Waals surface area contributed by atoms with Crippen LogP contribution in [0.2, 0.25) is 0 Å². The van der Waals surface area contributed by atoms with Crippen molar-refractivity contribution in [1.82, 2.24) is 4.90 Å². The minimum Gasteiger partial charge on any atom is -0.492 e. The molecule has 1 aliphatic heterocycles. The quantitative estimate of drug-likeness (QED) is 0.555. The molecule has 0 bridgehead atoms. The molecule has 0 spiro atoms. The minimum atomic E-state index is -0.0617. The van der Waals surface area contributed by atoms with E-state index < -0.39 is 0 Å². The number of para-hydroxylation sites is 1. The molecule has 1 amide bonds. The molecule has 0 N–H and O–H groups in total. The third-order valence-electron chi connectivity index (χ3n) is 3.91. The van der Waals surface area contributed by atoms with Gasteiger partial charge >= 0.3 is 0 Å². The van der Waals surface area contributed by atoms with E-state index >= 15 is 0 Å². The summed E-state index contributed by atoms with van der Waals surface area (Å²) in [5.41, 5.74) is 2.10. The van der Waals surface area contributed by atoms with Gasteiger partial charge in [-0.2, -0.15) is 0 Å². The van der Waals surface area contributed by atoms with E-state index in [4.69, 9.17) is 17.0 Å². The standard InChI is InChI=1S/C20H20N2O2S2/c1-21(2)16-10-8-15(9-11-16)14-18-19(23)22(20(25)26-18)12-13-24-17-6-4-3-5-7-17/h3-11,14H,12-13H2,1-2H3/b18-14-. The number of rotatable bonds is 6. The van der Waals surface area contributed by atoms with Gasteiger partial charge in [0.25, 0.3) is 5.91 Å². The number of amides is 1. The highest BCUT2D eigenvalue weighted by atomic mass is 32.2. The van der Waals surface area contributed by atoms with Gasteiger partial charge in [-0.05, 0) is 35.9 Å².